The molecule has 0 unspecified atom stereocenters. The van der Waals surface area contributed by atoms with Gasteiger partial charge in [-0.05, 0) is 44.1 Å². The van der Waals surface area contributed by atoms with Crippen molar-refractivity contribution in [3.63, 3.8) is 0 Å². The summed E-state index contributed by atoms with van der Waals surface area (Å²) in [5, 5.41) is 6.54. The molecular formula is C17H20ClN3OS. The second-order valence-electron chi connectivity index (χ2n) is 5.80. The van der Waals surface area contributed by atoms with E-state index < -0.39 is 0 Å². The highest BCUT2D eigenvalue weighted by Gasteiger charge is 2.13. The van der Waals surface area contributed by atoms with Crippen LogP contribution in [0.1, 0.15) is 30.0 Å². The number of nitrogens with one attached hydrogen (secondary N) is 1. The molecule has 0 aliphatic carbocycles. The first-order chi connectivity index (χ1) is 11.2. The van der Waals surface area contributed by atoms with Crippen molar-refractivity contribution in [2.75, 3.05) is 18.4 Å². The zero-order valence-electron chi connectivity index (χ0n) is 12.9. The van der Waals surface area contributed by atoms with Gasteiger partial charge in [-0.15, -0.1) is 11.3 Å². The second-order valence-corrected chi connectivity index (χ2v) is 7.18. The highest BCUT2D eigenvalue weighted by atomic mass is 35.5. The van der Waals surface area contributed by atoms with E-state index in [4.69, 9.17) is 11.6 Å². The molecule has 0 saturated carbocycles. The molecule has 23 heavy (non-hydrogen) atoms. The summed E-state index contributed by atoms with van der Waals surface area (Å²) >= 11 is 7.56. The molecule has 1 amide bonds. The van der Waals surface area contributed by atoms with Crippen molar-refractivity contribution >= 4 is 34.5 Å². The standard InChI is InChI=1S/C17H20ClN3OS/c18-13-5-4-6-14(9-13)19-16(22)10-15-12-23-17(20-15)11-21-7-2-1-3-8-21/h4-6,9,12H,1-3,7-8,10-11H2,(H,19,22). The smallest absolute Gasteiger partial charge is 0.230 e. The van der Waals surface area contributed by atoms with Crippen molar-refractivity contribution < 1.29 is 4.79 Å². The summed E-state index contributed by atoms with van der Waals surface area (Å²) in [6.45, 7) is 3.22. The van der Waals surface area contributed by atoms with Gasteiger partial charge in [0, 0.05) is 16.1 Å². The molecule has 2 aromatic rings. The number of hydrogen-bond donors (Lipinski definition) is 1. The zero-order valence-corrected chi connectivity index (χ0v) is 14.5. The van der Waals surface area contributed by atoms with Gasteiger partial charge in [0.2, 0.25) is 5.91 Å². The van der Waals surface area contributed by atoms with Gasteiger partial charge in [0.15, 0.2) is 0 Å². The fourth-order valence-electron chi connectivity index (χ4n) is 2.75. The minimum absolute atomic E-state index is 0.0675. The summed E-state index contributed by atoms with van der Waals surface area (Å²) in [4.78, 5) is 19.1. The van der Waals surface area contributed by atoms with Crippen LogP contribution in [0.3, 0.4) is 0 Å². The highest BCUT2D eigenvalue weighted by Crippen LogP contribution is 2.18. The molecule has 0 atom stereocenters. The lowest BCUT2D eigenvalue weighted by molar-refractivity contribution is -0.115. The summed E-state index contributed by atoms with van der Waals surface area (Å²) < 4.78 is 0. The third-order valence-corrected chi connectivity index (χ3v) is 4.97. The first-order valence-electron chi connectivity index (χ1n) is 7.90. The fourth-order valence-corrected chi connectivity index (χ4v) is 3.77. The Morgan fingerprint density at radius 1 is 1.30 bits per heavy atom. The molecule has 0 bridgehead atoms. The van der Waals surface area contributed by atoms with Crippen LogP contribution in [0.2, 0.25) is 5.02 Å². The van der Waals surface area contributed by atoms with E-state index in [-0.39, 0.29) is 5.91 Å². The molecule has 0 radical (unpaired) electrons. The van der Waals surface area contributed by atoms with Gasteiger partial charge >= 0.3 is 0 Å². The van der Waals surface area contributed by atoms with Crippen LogP contribution in [-0.4, -0.2) is 28.9 Å². The number of rotatable bonds is 5. The summed E-state index contributed by atoms with van der Waals surface area (Å²) in [5.41, 5.74) is 1.55. The number of halogens is 1. The van der Waals surface area contributed by atoms with Gasteiger partial charge in [0.05, 0.1) is 18.7 Å². The van der Waals surface area contributed by atoms with Crippen LogP contribution < -0.4 is 5.32 Å². The summed E-state index contributed by atoms with van der Waals surface area (Å²) in [5.74, 6) is -0.0675. The first-order valence-corrected chi connectivity index (χ1v) is 9.16. The molecule has 6 heteroatoms. The molecule has 1 saturated heterocycles. The van der Waals surface area contributed by atoms with Gasteiger partial charge < -0.3 is 5.32 Å². The molecule has 4 nitrogen and oxygen atoms in total. The van der Waals surface area contributed by atoms with Crippen LogP contribution in [0, 0.1) is 0 Å². The van der Waals surface area contributed by atoms with Gasteiger partial charge in [0.1, 0.15) is 5.01 Å². The van der Waals surface area contributed by atoms with E-state index in [1.165, 1.54) is 19.3 Å². The quantitative estimate of drug-likeness (QED) is 0.888. The Morgan fingerprint density at radius 2 is 2.13 bits per heavy atom. The van der Waals surface area contributed by atoms with Crippen molar-refractivity contribution in [3.05, 3.63) is 45.4 Å². The average molecular weight is 350 g/mol. The van der Waals surface area contributed by atoms with Crippen LogP contribution in [-0.2, 0) is 17.8 Å². The lowest BCUT2D eigenvalue weighted by Crippen LogP contribution is -2.29. The van der Waals surface area contributed by atoms with E-state index >= 15 is 0 Å². The third-order valence-electron chi connectivity index (χ3n) is 3.86. The number of aromatic nitrogens is 1. The second kappa shape index (κ2) is 7.90. The van der Waals surface area contributed by atoms with E-state index in [1.807, 2.05) is 17.5 Å². The van der Waals surface area contributed by atoms with Gasteiger partial charge in [-0.1, -0.05) is 24.1 Å². The maximum atomic E-state index is 12.1. The average Bonchev–Trinajstić information content (AvgIpc) is 2.95. The summed E-state index contributed by atoms with van der Waals surface area (Å²) in [7, 11) is 0. The Kier molecular flexibility index (Phi) is 5.65. The van der Waals surface area contributed by atoms with Crippen LogP contribution in [0.5, 0.6) is 0 Å². The number of anilines is 1. The Balaban J connectivity index is 1.52. The van der Waals surface area contributed by atoms with Crippen molar-refractivity contribution in [1.29, 1.82) is 0 Å². The number of benzene rings is 1. The van der Waals surface area contributed by atoms with Crippen LogP contribution in [0.4, 0.5) is 5.69 Å². The Hall–Kier alpha value is -1.43. The number of nitrogens with zero attached hydrogens (tertiary/aromatic N) is 2. The molecule has 1 fully saturated rings. The maximum absolute atomic E-state index is 12.1. The number of likely N-dealkylation sites (tertiary alicyclic amines) is 1. The normalized spacial score (nSPS) is 15.5. The minimum atomic E-state index is -0.0675. The highest BCUT2D eigenvalue weighted by molar-refractivity contribution is 7.09. The van der Waals surface area contributed by atoms with Crippen molar-refractivity contribution in [2.24, 2.45) is 0 Å². The minimum Gasteiger partial charge on any atom is -0.326 e. The Labute approximate surface area is 145 Å². The molecule has 122 valence electrons. The van der Waals surface area contributed by atoms with Crippen LogP contribution in [0.25, 0.3) is 0 Å². The number of amides is 1. The molecule has 1 aromatic carbocycles. The van der Waals surface area contributed by atoms with E-state index in [2.05, 4.69) is 15.2 Å². The molecule has 2 heterocycles. The molecule has 0 spiro atoms. The molecule has 3 rings (SSSR count). The Bertz CT molecular complexity index is 667. The number of thiazole rings is 1. The van der Waals surface area contributed by atoms with Gasteiger partial charge in [-0.3, -0.25) is 9.69 Å². The number of carbonyl (C=O) groups excluding carboxylic acids is 1. The molecule has 1 N–H and O–H groups in total. The SMILES string of the molecule is O=C(Cc1csc(CN2CCCCC2)n1)Nc1cccc(Cl)c1. The first kappa shape index (κ1) is 16.4. The number of piperidine rings is 1. The Morgan fingerprint density at radius 3 is 2.91 bits per heavy atom. The predicted molar refractivity (Wildman–Crippen MR) is 95.0 cm³/mol. The fraction of sp³-hybridized carbons (Fsp3) is 0.412. The number of carbonyl (C=O) groups is 1. The van der Waals surface area contributed by atoms with Gasteiger partial charge in [-0.2, -0.15) is 0 Å². The van der Waals surface area contributed by atoms with E-state index in [0.29, 0.717) is 17.1 Å². The van der Waals surface area contributed by atoms with Crippen LogP contribution >= 0.6 is 22.9 Å². The van der Waals surface area contributed by atoms with Crippen molar-refractivity contribution in [2.45, 2.75) is 32.2 Å². The van der Waals surface area contributed by atoms with E-state index in [9.17, 15) is 4.79 Å². The van der Waals surface area contributed by atoms with E-state index in [0.717, 1.165) is 30.3 Å². The predicted octanol–water partition coefficient (Wildman–Crippen LogP) is 3.96. The number of hydrogen-bond acceptors (Lipinski definition) is 4. The van der Waals surface area contributed by atoms with Crippen molar-refractivity contribution in [1.82, 2.24) is 9.88 Å². The lowest BCUT2D eigenvalue weighted by Gasteiger charge is -2.25. The lowest BCUT2D eigenvalue weighted by atomic mass is 10.1. The summed E-state index contributed by atoms with van der Waals surface area (Å²) in [6, 6.07) is 7.16. The molecule has 1 aliphatic heterocycles. The monoisotopic (exact) mass is 349 g/mol. The molecule has 1 aromatic heterocycles. The van der Waals surface area contributed by atoms with Crippen molar-refractivity contribution in [3.8, 4) is 0 Å². The topological polar surface area (TPSA) is 45.2 Å². The van der Waals surface area contributed by atoms with Gasteiger partial charge in [-0.25, -0.2) is 4.98 Å². The largest absolute Gasteiger partial charge is 0.326 e. The van der Waals surface area contributed by atoms with Crippen LogP contribution in [0.15, 0.2) is 29.6 Å². The van der Waals surface area contributed by atoms with E-state index in [1.54, 1.807) is 23.5 Å². The maximum Gasteiger partial charge on any atom is 0.230 e. The zero-order chi connectivity index (χ0) is 16.1. The molecule has 1 aliphatic rings. The third kappa shape index (κ3) is 5.03. The molecular weight excluding hydrogens is 330 g/mol. The summed E-state index contributed by atoms with van der Waals surface area (Å²) in [6.07, 6.45) is 4.19. The van der Waals surface area contributed by atoms with Gasteiger partial charge in [0.25, 0.3) is 0 Å².